The van der Waals surface area contributed by atoms with Crippen LogP contribution in [0.1, 0.15) is 21.5 Å². The summed E-state index contributed by atoms with van der Waals surface area (Å²) in [5.41, 5.74) is 2.38. The van der Waals surface area contributed by atoms with E-state index in [1.54, 1.807) is 24.5 Å². The molecule has 0 fully saturated rings. The van der Waals surface area contributed by atoms with Crippen LogP contribution in [-0.2, 0) is 12.8 Å². The first-order valence-corrected chi connectivity index (χ1v) is 5.98. The smallest absolute Gasteiger partial charge is 0.168 e. The third-order valence-electron chi connectivity index (χ3n) is 2.96. The van der Waals surface area contributed by atoms with Gasteiger partial charge in [-0.25, -0.2) is 0 Å². The van der Waals surface area contributed by atoms with E-state index >= 15 is 0 Å². The summed E-state index contributed by atoms with van der Waals surface area (Å²) >= 11 is 0. The highest BCUT2D eigenvalue weighted by atomic mass is 16.5. The summed E-state index contributed by atoms with van der Waals surface area (Å²) in [5.74, 6) is 0.222. The van der Waals surface area contributed by atoms with Gasteiger partial charge >= 0.3 is 0 Å². The first kappa shape index (κ1) is 13.1. The van der Waals surface area contributed by atoms with Gasteiger partial charge in [0.15, 0.2) is 17.8 Å². The molecule has 0 bridgehead atoms. The molecular weight excluding hydrogens is 242 g/mol. The van der Waals surface area contributed by atoms with Crippen LogP contribution in [0, 0.1) is 0 Å². The molecule has 0 aliphatic rings. The standard InChI is InChI=1S/C15H15NO3/c1-19-14-9-12(8-13(10-17)15(14)18)3-2-11-4-6-16-7-5-11/h4-10,18H,2-3H2,1H3. The Morgan fingerprint density at radius 3 is 2.53 bits per heavy atom. The van der Waals surface area contributed by atoms with Crippen LogP contribution < -0.4 is 4.74 Å². The number of phenols is 1. The first-order valence-electron chi connectivity index (χ1n) is 5.98. The van der Waals surface area contributed by atoms with Gasteiger partial charge in [0.2, 0.25) is 0 Å². The lowest BCUT2D eigenvalue weighted by Crippen LogP contribution is -1.96. The Kier molecular flexibility index (Phi) is 4.13. The predicted octanol–water partition coefficient (Wildman–Crippen LogP) is 2.39. The molecule has 0 atom stereocenters. The summed E-state index contributed by atoms with van der Waals surface area (Å²) < 4.78 is 5.06. The predicted molar refractivity (Wildman–Crippen MR) is 71.7 cm³/mol. The van der Waals surface area contributed by atoms with Crippen molar-refractivity contribution in [1.29, 1.82) is 0 Å². The van der Waals surface area contributed by atoms with Gasteiger partial charge in [0, 0.05) is 12.4 Å². The molecule has 0 saturated heterocycles. The zero-order chi connectivity index (χ0) is 13.7. The Bertz CT molecular complexity index is 567. The number of benzene rings is 1. The van der Waals surface area contributed by atoms with E-state index in [1.165, 1.54) is 12.7 Å². The molecule has 0 radical (unpaired) electrons. The van der Waals surface area contributed by atoms with Crippen LogP contribution in [0.5, 0.6) is 11.5 Å². The summed E-state index contributed by atoms with van der Waals surface area (Å²) in [5, 5.41) is 9.73. The van der Waals surface area contributed by atoms with Crippen molar-refractivity contribution < 1.29 is 14.6 Å². The Morgan fingerprint density at radius 1 is 1.21 bits per heavy atom. The molecule has 0 unspecified atom stereocenters. The summed E-state index contributed by atoms with van der Waals surface area (Å²) in [6.07, 6.45) is 5.75. The van der Waals surface area contributed by atoms with Crippen LogP contribution in [0.25, 0.3) is 0 Å². The Labute approximate surface area is 111 Å². The minimum Gasteiger partial charge on any atom is -0.504 e. The van der Waals surface area contributed by atoms with Gasteiger partial charge in [-0.2, -0.15) is 0 Å². The number of rotatable bonds is 5. The number of ether oxygens (including phenoxy) is 1. The summed E-state index contributed by atoms with van der Waals surface area (Å²) in [6.45, 7) is 0. The molecule has 0 spiro atoms. The number of carbonyl (C=O) groups excluding carboxylic acids is 1. The highest BCUT2D eigenvalue weighted by Gasteiger charge is 2.10. The van der Waals surface area contributed by atoms with Gasteiger partial charge in [-0.15, -0.1) is 0 Å². The number of pyridine rings is 1. The van der Waals surface area contributed by atoms with Crippen molar-refractivity contribution in [3.63, 3.8) is 0 Å². The number of carbonyl (C=O) groups is 1. The minimum absolute atomic E-state index is 0.106. The fourth-order valence-corrected chi connectivity index (χ4v) is 1.92. The third kappa shape index (κ3) is 3.10. The van der Waals surface area contributed by atoms with Gasteiger partial charge in [0.05, 0.1) is 12.7 Å². The Morgan fingerprint density at radius 2 is 1.89 bits per heavy atom. The Hall–Kier alpha value is -2.36. The maximum Gasteiger partial charge on any atom is 0.168 e. The van der Waals surface area contributed by atoms with E-state index in [-0.39, 0.29) is 11.3 Å². The van der Waals surface area contributed by atoms with Crippen LogP contribution in [0.3, 0.4) is 0 Å². The molecule has 0 saturated carbocycles. The van der Waals surface area contributed by atoms with E-state index in [1.807, 2.05) is 12.1 Å². The Balaban J connectivity index is 2.18. The topological polar surface area (TPSA) is 59.4 Å². The van der Waals surface area contributed by atoms with Crippen LogP contribution >= 0.6 is 0 Å². The number of phenolic OH excluding ortho intramolecular Hbond substituents is 1. The van der Waals surface area contributed by atoms with E-state index in [0.717, 1.165) is 18.4 Å². The van der Waals surface area contributed by atoms with Crippen molar-refractivity contribution in [3.8, 4) is 11.5 Å². The highest BCUT2D eigenvalue weighted by Crippen LogP contribution is 2.30. The van der Waals surface area contributed by atoms with Crippen LogP contribution in [0.4, 0.5) is 0 Å². The number of aryl methyl sites for hydroxylation is 2. The fraction of sp³-hybridized carbons (Fsp3) is 0.200. The van der Waals surface area contributed by atoms with Crippen LogP contribution in [0.2, 0.25) is 0 Å². The van der Waals surface area contributed by atoms with Crippen molar-refractivity contribution in [2.75, 3.05) is 7.11 Å². The SMILES string of the molecule is COc1cc(CCc2ccncc2)cc(C=O)c1O. The second-order valence-corrected chi connectivity index (χ2v) is 4.21. The zero-order valence-electron chi connectivity index (χ0n) is 10.7. The van der Waals surface area contributed by atoms with Crippen molar-refractivity contribution in [1.82, 2.24) is 4.98 Å². The minimum atomic E-state index is -0.106. The molecule has 1 aromatic carbocycles. The van der Waals surface area contributed by atoms with Gasteiger partial charge in [0.1, 0.15) is 0 Å². The summed E-state index contributed by atoms with van der Waals surface area (Å²) in [6, 6.07) is 7.35. The number of hydrogen-bond donors (Lipinski definition) is 1. The average Bonchev–Trinajstić information content (AvgIpc) is 2.47. The van der Waals surface area contributed by atoms with Gasteiger partial charge in [-0.1, -0.05) is 0 Å². The lowest BCUT2D eigenvalue weighted by Gasteiger charge is -2.09. The largest absolute Gasteiger partial charge is 0.504 e. The van der Waals surface area contributed by atoms with Gasteiger partial charge in [-0.05, 0) is 48.2 Å². The van der Waals surface area contributed by atoms with Gasteiger partial charge in [0.25, 0.3) is 0 Å². The molecule has 19 heavy (non-hydrogen) atoms. The average molecular weight is 257 g/mol. The maximum absolute atomic E-state index is 10.9. The number of methoxy groups -OCH3 is 1. The number of aldehydes is 1. The number of nitrogens with zero attached hydrogens (tertiary/aromatic N) is 1. The van der Waals surface area contributed by atoms with E-state index in [0.29, 0.717) is 12.0 Å². The number of aromatic hydroxyl groups is 1. The second-order valence-electron chi connectivity index (χ2n) is 4.21. The van der Waals surface area contributed by atoms with Crippen LogP contribution in [-0.4, -0.2) is 23.5 Å². The normalized spacial score (nSPS) is 10.2. The van der Waals surface area contributed by atoms with Crippen molar-refractivity contribution in [2.45, 2.75) is 12.8 Å². The zero-order valence-corrected chi connectivity index (χ0v) is 10.7. The van der Waals surface area contributed by atoms with Crippen molar-refractivity contribution in [2.24, 2.45) is 0 Å². The highest BCUT2D eigenvalue weighted by molar-refractivity contribution is 5.81. The summed E-state index contributed by atoms with van der Waals surface area (Å²) in [4.78, 5) is 14.9. The van der Waals surface area contributed by atoms with Gasteiger partial charge < -0.3 is 9.84 Å². The van der Waals surface area contributed by atoms with Crippen molar-refractivity contribution in [3.05, 3.63) is 53.3 Å². The monoisotopic (exact) mass is 257 g/mol. The molecular formula is C15H15NO3. The molecule has 4 heteroatoms. The van der Waals surface area contributed by atoms with E-state index in [9.17, 15) is 9.90 Å². The first-order chi connectivity index (χ1) is 9.24. The molecule has 4 nitrogen and oxygen atoms in total. The maximum atomic E-state index is 10.9. The molecule has 0 aliphatic heterocycles. The molecule has 1 heterocycles. The van der Waals surface area contributed by atoms with Crippen molar-refractivity contribution >= 4 is 6.29 Å². The van der Waals surface area contributed by atoms with E-state index < -0.39 is 0 Å². The number of aromatic nitrogens is 1. The van der Waals surface area contributed by atoms with E-state index in [4.69, 9.17) is 4.74 Å². The fourth-order valence-electron chi connectivity index (χ4n) is 1.92. The molecule has 0 amide bonds. The lowest BCUT2D eigenvalue weighted by atomic mass is 10.0. The molecule has 1 N–H and O–H groups in total. The molecule has 1 aromatic heterocycles. The number of hydrogen-bond acceptors (Lipinski definition) is 4. The van der Waals surface area contributed by atoms with Gasteiger partial charge in [-0.3, -0.25) is 9.78 Å². The molecule has 2 aromatic rings. The molecule has 98 valence electrons. The van der Waals surface area contributed by atoms with E-state index in [2.05, 4.69) is 4.98 Å². The van der Waals surface area contributed by atoms with Crippen LogP contribution in [0.15, 0.2) is 36.7 Å². The summed E-state index contributed by atoms with van der Waals surface area (Å²) in [7, 11) is 1.47. The quantitative estimate of drug-likeness (QED) is 0.835. The molecule has 0 aliphatic carbocycles. The molecule has 2 rings (SSSR count). The lowest BCUT2D eigenvalue weighted by molar-refractivity contribution is 0.112. The second kappa shape index (κ2) is 6.00. The third-order valence-corrected chi connectivity index (χ3v) is 2.96.